The van der Waals surface area contributed by atoms with Crippen LogP contribution in [-0.4, -0.2) is 40.4 Å². The van der Waals surface area contributed by atoms with Crippen LogP contribution >= 0.6 is 11.6 Å². The molecule has 0 atom stereocenters. The molecule has 0 saturated carbocycles. The van der Waals surface area contributed by atoms with Crippen LogP contribution < -0.4 is 31.0 Å². The molecule has 0 spiro atoms. The van der Waals surface area contributed by atoms with Gasteiger partial charge in [0.15, 0.2) is 0 Å². The number of anilines is 1. The van der Waals surface area contributed by atoms with E-state index in [-0.39, 0.29) is 35.2 Å². The maximum absolute atomic E-state index is 14.4. The second kappa shape index (κ2) is 15.1. The number of benzene rings is 3. The molecule has 13 heteroatoms. The van der Waals surface area contributed by atoms with Gasteiger partial charge in [-0.15, -0.1) is 0 Å². The lowest BCUT2D eigenvalue weighted by Gasteiger charge is -2.17. The standard InChI is InChI=1S/C38H40ClFN6O5/c1-22-11-12-24(35(47)41-6)17-30(22)45-23(2)15-31(34(39)36(45)48)51-21-25-13-14-27(40)16-26(25)20-42-37(49)43-33-19-32(38(3,4)5)44-46(33)28-9-8-10-29(18-28)50-7/h8-19H,20-21H2,1-7H3,(H,41,47)(H2,42,43,49). The molecule has 3 N–H and O–H groups in total. The van der Waals surface area contributed by atoms with E-state index in [1.165, 1.54) is 23.7 Å². The van der Waals surface area contributed by atoms with Crippen LogP contribution in [0.25, 0.3) is 11.4 Å². The summed E-state index contributed by atoms with van der Waals surface area (Å²) in [5.74, 6) is 0.426. The number of methoxy groups -OCH3 is 1. The second-order valence-electron chi connectivity index (χ2n) is 13.0. The van der Waals surface area contributed by atoms with Crippen molar-refractivity contribution in [3.8, 4) is 22.9 Å². The fourth-order valence-corrected chi connectivity index (χ4v) is 5.58. The molecule has 0 unspecified atom stereocenters. The van der Waals surface area contributed by atoms with Gasteiger partial charge in [0.25, 0.3) is 11.5 Å². The highest BCUT2D eigenvalue weighted by molar-refractivity contribution is 6.31. The molecule has 5 rings (SSSR count). The Morgan fingerprint density at radius 2 is 1.75 bits per heavy atom. The first-order valence-electron chi connectivity index (χ1n) is 16.1. The summed E-state index contributed by atoms with van der Waals surface area (Å²) in [6, 6.07) is 19.4. The van der Waals surface area contributed by atoms with Gasteiger partial charge in [0.2, 0.25) is 0 Å². The molecule has 11 nitrogen and oxygen atoms in total. The molecular weight excluding hydrogens is 675 g/mol. The van der Waals surface area contributed by atoms with Crippen LogP contribution in [0.2, 0.25) is 5.02 Å². The number of carbonyl (C=O) groups is 2. The summed E-state index contributed by atoms with van der Waals surface area (Å²) in [6.45, 7) is 9.54. The summed E-state index contributed by atoms with van der Waals surface area (Å²) in [6.07, 6.45) is 0. The first-order chi connectivity index (χ1) is 24.2. The van der Waals surface area contributed by atoms with Gasteiger partial charge in [-0.05, 0) is 66.9 Å². The fourth-order valence-electron chi connectivity index (χ4n) is 5.39. The van der Waals surface area contributed by atoms with Crippen LogP contribution in [0.5, 0.6) is 11.5 Å². The summed E-state index contributed by atoms with van der Waals surface area (Å²) < 4.78 is 28.9. The molecule has 2 heterocycles. The summed E-state index contributed by atoms with van der Waals surface area (Å²) in [5.41, 5.74) is 3.87. The molecule has 0 saturated heterocycles. The van der Waals surface area contributed by atoms with Gasteiger partial charge >= 0.3 is 6.03 Å². The van der Waals surface area contributed by atoms with Crippen LogP contribution in [0, 0.1) is 19.7 Å². The third-order valence-corrected chi connectivity index (χ3v) is 8.60. The Morgan fingerprint density at radius 3 is 2.45 bits per heavy atom. The molecule has 2 aromatic heterocycles. The third kappa shape index (κ3) is 8.24. The van der Waals surface area contributed by atoms with Gasteiger partial charge in [0.1, 0.15) is 34.8 Å². The predicted octanol–water partition coefficient (Wildman–Crippen LogP) is 7.00. The molecule has 0 aliphatic rings. The van der Waals surface area contributed by atoms with E-state index in [1.54, 1.807) is 55.1 Å². The van der Waals surface area contributed by atoms with Crippen molar-refractivity contribution in [1.82, 2.24) is 25.0 Å². The van der Waals surface area contributed by atoms with Crippen molar-refractivity contribution in [2.24, 2.45) is 0 Å². The zero-order valence-corrected chi connectivity index (χ0v) is 30.2. The van der Waals surface area contributed by atoms with Crippen LogP contribution in [0.1, 0.15) is 59.2 Å². The number of hydrogen-bond donors (Lipinski definition) is 3. The third-order valence-electron chi connectivity index (χ3n) is 8.25. The SMILES string of the molecule is CNC(=O)c1ccc(C)c(-n2c(C)cc(OCc3ccc(F)cc3CNC(=O)Nc3cc(C(C)(C)C)nn3-c3cccc(OC)c3)c(Cl)c2=O)c1. The van der Waals surface area contributed by atoms with Crippen molar-refractivity contribution in [3.05, 3.63) is 128 Å². The van der Waals surface area contributed by atoms with Gasteiger partial charge < -0.3 is 20.1 Å². The van der Waals surface area contributed by atoms with Crippen molar-refractivity contribution in [1.29, 1.82) is 0 Å². The molecule has 266 valence electrons. The second-order valence-corrected chi connectivity index (χ2v) is 13.4. The topological polar surface area (TPSA) is 129 Å². The Morgan fingerprint density at radius 1 is 0.980 bits per heavy atom. The average Bonchev–Trinajstić information content (AvgIpc) is 3.53. The van der Waals surface area contributed by atoms with Crippen LogP contribution in [-0.2, 0) is 18.6 Å². The lowest BCUT2D eigenvalue weighted by molar-refractivity contribution is 0.0963. The molecule has 0 fully saturated rings. The van der Waals surface area contributed by atoms with Gasteiger partial charge in [-0.1, -0.05) is 50.6 Å². The Hall–Kier alpha value is -5.62. The lowest BCUT2D eigenvalue weighted by Crippen LogP contribution is -2.29. The van der Waals surface area contributed by atoms with Crippen molar-refractivity contribution >= 4 is 29.4 Å². The number of amides is 3. The maximum atomic E-state index is 14.4. The Balaban J connectivity index is 1.34. The number of urea groups is 1. The quantitative estimate of drug-likeness (QED) is 0.143. The Labute approximate surface area is 300 Å². The predicted molar refractivity (Wildman–Crippen MR) is 195 cm³/mol. The van der Waals surface area contributed by atoms with E-state index < -0.39 is 17.4 Å². The van der Waals surface area contributed by atoms with Crippen molar-refractivity contribution in [2.45, 2.75) is 53.2 Å². The summed E-state index contributed by atoms with van der Waals surface area (Å²) in [7, 11) is 3.11. The van der Waals surface area contributed by atoms with E-state index in [1.807, 2.05) is 52.0 Å². The number of nitrogens with one attached hydrogen (secondary N) is 3. The number of pyridine rings is 1. The first-order valence-corrected chi connectivity index (χ1v) is 16.5. The maximum Gasteiger partial charge on any atom is 0.320 e. The lowest BCUT2D eigenvalue weighted by atomic mass is 9.92. The van der Waals surface area contributed by atoms with E-state index in [9.17, 15) is 18.8 Å². The highest BCUT2D eigenvalue weighted by Crippen LogP contribution is 2.29. The van der Waals surface area contributed by atoms with Gasteiger partial charge in [0, 0.05) is 48.5 Å². The number of aromatic nitrogens is 3. The molecule has 5 aromatic rings. The largest absolute Gasteiger partial charge is 0.497 e. The smallest absolute Gasteiger partial charge is 0.320 e. The van der Waals surface area contributed by atoms with Crippen molar-refractivity contribution in [3.63, 3.8) is 0 Å². The van der Waals surface area contributed by atoms with Crippen LogP contribution in [0.3, 0.4) is 0 Å². The van der Waals surface area contributed by atoms with E-state index in [0.29, 0.717) is 45.3 Å². The number of carbonyl (C=O) groups excluding carboxylic acids is 2. The minimum Gasteiger partial charge on any atom is -0.497 e. The molecule has 3 amide bonds. The van der Waals surface area contributed by atoms with E-state index in [0.717, 1.165) is 11.3 Å². The molecular formula is C38H40ClFN6O5. The Bertz CT molecular complexity index is 2170. The van der Waals surface area contributed by atoms with Gasteiger partial charge in [-0.25, -0.2) is 13.9 Å². The number of halogens is 2. The highest BCUT2D eigenvalue weighted by Gasteiger charge is 2.22. The van der Waals surface area contributed by atoms with E-state index >= 15 is 0 Å². The summed E-state index contributed by atoms with van der Waals surface area (Å²) in [5, 5.41) is 12.8. The van der Waals surface area contributed by atoms with Crippen LogP contribution in [0.4, 0.5) is 15.0 Å². The monoisotopic (exact) mass is 714 g/mol. The molecule has 0 radical (unpaired) electrons. The number of nitrogens with zero attached hydrogens (tertiary/aromatic N) is 3. The normalized spacial score (nSPS) is 11.2. The summed E-state index contributed by atoms with van der Waals surface area (Å²) in [4.78, 5) is 39.0. The number of aryl methyl sites for hydroxylation is 2. The average molecular weight is 715 g/mol. The molecule has 0 aliphatic heterocycles. The summed E-state index contributed by atoms with van der Waals surface area (Å²) >= 11 is 6.54. The van der Waals surface area contributed by atoms with Gasteiger partial charge in [-0.2, -0.15) is 5.10 Å². The van der Waals surface area contributed by atoms with Gasteiger partial charge in [0.05, 0.1) is 24.2 Å². The molecule has 0 bridgehead atoms. The first kappa shape index (κ1) is 36.7. The van der Waals surface area contributed by atoms with Crippen LogP contribution in [0.15, 0.2) is 77.6 Å². The molecule has 3 aromatic carbocycles. The zero-order valence-electron chi connectivity index (χ0n) is 29.5. The molecule has 51 heavy (non-hydrogen) atoms. The minimum atomic E-state index is -0.534. The van der Waals surface area contributed by atoms with E-state index in [2.05, 4.69) is 16.0 Å². The molecule has 0 aliphatic carbocycles. The van der Waals surface area contributed by atoms with Gasteiger partial charge in [-0.3, -0.25) is 19.5 Å². The van der Waals surface area contributed by atoms with Crippen molar-refractivity contribution < 1.29 is 23.5 Å². The Kier molecular flexibility index (Phi) is 10.8. The zero-order chi connectivity index (χ0) is 37.0. The number of hydrogen-bond acceptors (Lipinski definition) is 6. The number of ether oxygens (including phenoxy) is 2. The minimum absolute atomic E-state index is 0.0307. The number of rotatable bonds is 10. The van der Waals surface area contributed by atoms with Crippen molar-refractivity contribution in [2.75, 3.05) is 19.5 Å². The fraction of sp³-hybridized carbons (Fsp3) is 0.263. The van der Waals surface area contributed by atoms with E-state index in [4.69, 9.17) is 26.2 Å². The highest BCUT2D eigenvalue weighted by atomic mass is 35.5.